The van der Waals surface area contributed by atoms with E-state index in [0.717, 1.165) is 0 Å². The van der Waals surface area contributed by atoms with Crippen LogP contribution < -0.4 is 0 Å². The molecule has 0 saturated carbocycles. The number of ether oxygens (including phenoxy) is 3. The summed E-state index contributed by atoms with van der Waals surface area (Å²) in [5.74, 6) is -2.32. The van der Waals surface area contributed by atoms with E-state index < -0.39 is 47.6 Å². The minimum atomic E-state index is -1.65. The van der Waals surface area contributed by atoms with Crippen LogP contribution in [0.1, 0.15) is 27.7 Å². The van der Waals surface area contributed by atoms with Gasteiger partial charge in [0.25, 0.3) is 0 Å². The van der Waals surface area contributed by atoms with Gasteiger partial charge in [0.1, 0.15) is 24.1 Å². The minimum absolute atomic E-state index is 0.0711. The molecule has 3 aliphatic rings. The first-order valence-electron chi connectivity index (χ1n) is 8.65. The Bertz CT molecular complexity index is 831. The molecular weight excluding hydrogens is 352 g/mol. The standard InChI is InChI=1S/C20H22O7/c1-6-9(2)18(23)26-16-15-11(4)19(24)25-13(15)7-10(3)12-8-14(21)20(5,27-12)17(16)22/h6-8,13,15-17,22H,4H2,1-3,5H3/b9-6+,10-7-/t13-,15-,16-,17+,20-/m0/s1. The zero-order valence-corrected chi connectivity index (χ0v) is 15.6. The zero-order chi connectivity index (χ0) is 20.1. The molecule has 3 rings (SSSR count). The predicted octanol–water partition coefficient (Wildman–Crippen LogP) is 1.52. The molecule has 0 aromatic heterocycles. The van der Waals surface area contributed by atoms with Gasteiger partial charge in [-0.3, -0.25) is 4.79 Å². The number of aliphatic hydroxyl groups excluding tert-OH is 1. The number of esters is 2. The summed E-state index contributed by atoms with van der Waals surface area (Å²) in [4.78, 5) is 37.1. The van der Waals surface area contributed by atoms with Crippen molar-refractivity contribution in [3.63, 3.8) is 0 Å². The number of allylic oxidation sites excluding steroid dienone is 2. The molecule has 1 fully saturated rings. The lowest BCUT2D eigenvalue weighted by atomic mass is 9.80. The Balaban J connectivity index is 2.12. The number of ketones is 1. The topological polar surface area (TPSA) is 99.1 Å². The van der Waals surface area contributed by atoms with Crippen LogP contribution in [-0.4, -0.2) is 46.7 Å². The second-order valence-electron chi connectivity index (χ2n) is 7.14. The Morgan fingerprint density at radius 1 is 1.41 bits per heavy atom. The number of rotatable bonds is 2. The van der Waals surface area contributed by atoms with Gasteiger partial charge in [-0.25, -0.2) is 9.59 Å². The summed E-state index contributed by atoms with van der Waals surface area (Å²) in [5.41, 5.74) is -0.681. The number of hydrogen-bond acceptors (Lipinski definition) is 7. The summed E-state index contributed by atoms with van der Waals surface area (Å²) in [6.07, 6.45) is 0.871. The van der Waals surface area contributed by atoms with E-state index in [2.05, 4.69) is 6.58 Å². The molecule has 144 valence electrons. The highest BCUT2D eigenvalue weighted by Gasteiger charge is 2.57. The van der Waals surface area contributed by atoms with E-state index in [-0.39, 0.29) is 11.3 Å². The first-order valence-corrected chi connectivity index (χ1v) is 8.65. The van der Waals surface area contributed by atoms with Gasteiger partial charge in [-0.2, -0.15) is 0 Å². The van der Waals surface area contributed by atoms with E-state index in [1.807, 2.05) is 0 Å². The van der Waals surface area contributed by atoms with Gasteiger partial charge < -0.3 is 19.3 Å². The third kappa shape index (κ3) is 2.92. The molecule has 7 nitrogen and oxygen atoms in total. The summed E-state index contributed by atoms with van der Waals surface area (Å²) < 4.78 is 16.6. The second-order valence-corrected chi connectivity index (χ2v) is 7.14. The molecule has 1 N–H and O–H groups in total. The van der Waals surface area contributed by atoms with Crippen molar-refractivity contribution in [2.75, 3.05) is 0 Å². The quantitative estimate of drug-likeness (QED) is 0.578. The molecule has 0 spiro atoms. The van der Waals surface area contributed by atoms with Crippen LogP contribution in [0.5, 0.6) is 0 Å². The van der Waals surface area contributed by atoms with Crippen LogP contribution in [0.2, 0.25) is 0 Å². The van der Waals surface area contributed by atoms with Crippen LogP contribution in [-0.2, 0) is 28.6 Å². The van der Waals surface area contributed by atoms with Gasteiger partial charge in [0.15, 0.2) is 5.60 Å². The molecule has 3 aliphatic heterocycles. The highest BCUT2D eigenvalue weighted by Crippen LogP contribution is 2.42. The van der Waals surface area contributed by atoms with Gasteiger partial charge in [-0.15, -0.1) is 0 Å². The van der Waals surface area contributed by atoms with Crippen molar-refractivity contribution in [3.05, 3.63) is 47.3 Å². The first-order chi connectivity index (χ1) is 12.6. The van der Waals surface area contributed by atoms with E-state index in [1.54, 1.807) is 32.9 Å². The largest absolute Gasteiger partial charge is 0.476 e. The van der Waals surface area contributed by atoms with Gasteiger partial charge in [0.2, 0.25) is 5.78 Å². The average Bonchev–Trinajstić information content (AvgIpc) is 3.08. The normalized spacial score (nSPS) is 37.8. The molecule has 1 saturated heterocycles. The van der Waals surface area contributed by atoms with Gasteiger partial charge in [-0.05, 0) is 39.3 Å². The van der Waals surface area contributed by atoms with Crippen molar-refractivity contribution >= 4 is 17.7 Å². The van der Waals surface area contributed by atoms with Gasteiger partial charge in [0.05, 0.1) is 5.92 Å². The third-order valence-corrected chi connectivity index (χ3v) is 5.37. The molecule has 0 aromatic rings. The number of fused-ring (bicyclic) bond motifs is 3. The molecule has 0 amide bonds. The van der Waals surface area contributed by atoms with Crippen LogP contribution in [0, 0.1) is 5.92 Å². The molecule has 3 heterocycles. The number of carbonyl (C=O) groups excluding carboxylic acids is 3. The molecule has 0 unspecified atom stereocenters. The Hall–Kier alpha value is -2.67. The fourth-order valence-electron chi connectivity index (χ4n) is 3.41. The summed E-state index contributed by atoms with van der Waals surface area (Å²) >= 11 is 0. The Labute approximate surface area is 157 Å². The van der Waals surface area contributed by atoms with Crippen molar-refractivity contribution in [2.24, 2.45) is 5.92 Å². The number of aliphatic hydroxyl groups is 1. The zero-order valence-electron chi connectivity index (χ0n) is 15.6. The predicted molar refractivity (Wildman–Crippen MR) is 94.2 cm³/mol. The smallest absolute Gasteiger partial charge is 0.334 e. The summed E-state index contributed by atoms with van der Waals surface area (Å²) in [5, 5.41) is 11.0. The molecule has 27 heavy (non-hydrogen) atoms. The van der Waals surface area contributed by atoms with Crippen molar-refractivity contribution in [1.82, 2.24) is 0 Å². The first kappa shape index (κ1) is 19.1. The van der Waals surface area contributed by atoms with Gasteiger partial charge in [-0.1, -0.05) is 12.7 Å². The van der Waals surface area contributed by atoms with E-state index in [0.29, 0.717) is 11.1 Å². The third-order valence-electron chi connectivity index (χ3n) is 5.37. The van der Waals surface area contributed by atoms with Crippen molar-refractivity contribution in [1.29, 1.82) is 0 Å². The van der Waals surface area contributed by atoms with Crippen LogP contribution >= 0.6 is 0 Å². The van der Waals surface area contributed by atoms with Crippen molar-refractivity contribution in [2.45, 2.75) is 51.6 Å². The molecule has 7 heteroatoms. The molecule has 2 bridgehead atoms. The maximum absolute atomic E-state index is 12.5. The fraction of sp³-hybridized carbons (Fsp3) is 0.450. The molecule has 5 atom stereocenters. The Kier molecular flexibility index (Phi) is 4.59. The summed E-state index contributed by atoms with van der Waals surface area (Å²) in [6.45, 7) is 10.1. The Morgan fingerprint density at radius 3 is 2.70 bits per heavy atom. The lowest BCUT2D eigenvalue weighted by molar-refractivity contribution is -0.175. The molecule has 0 aromatic carbocycles. The molecule has 0 aliphatic carbocycles. The maximum atomic E-state index is 12.5. The number of carbonyl (C=O) groups is 3. The monoisotopic (exact) mass is 374 g/mol. The van der Waals surface area contributed by atoms with E-state index in [9.17, 15) is 19.5 Å². The molecular formula is C20H22O7. The summed E-state index contributed by atoms with van der Waals surface area (Å²) in [7, 11) is 0. The maximum Gasteiger partial charge on any atom is 0.334 e. The Morgan fingerprint density at radius 2 is 2.07 bits per heavy atom. The SMILES string of the molecule is C=C1C(=O)O[C@H]2/C=C(/C)C3=CC(=O)[C@](C)(O3)[C@H](O)[C@@H](OC(=O)/C(C)=C/C)[C@@H]12. The second kappa shape index (κ2) is 6.49. The highest BCUT2D eigenvalue weighted by atomic mass is 16.6. The molecule has 0 radical (unpaired) electrons. The number of hydrogen-bond donors (Lipinski definition) is 1. The van der Waals surface area contributed by atoms with Crippen LogP contribution in [0.25, 0.3) is 0 Å². The average molecular weight is 374 g/mol. The van der Waals surface area contributed by atoms with Crippen LogP contribution in [0.4, 0.5) is 0 Å². The van der Waals surface area contributed by atoms with E-state index in [4.69, 9.17) is 14.2 Å². The van der Waals surface area contributed by atoms with Crippen molar-refractivity contribution < 1.29 is 33.7 Å². The van der Waals surface area contributed by atoms with E-state index in [1.165, 1.54) is 13.0 Å². The van der Waals surface area contributed by atoms with Gasteiger partial charge in [0, 0.05) is 17.2 Å². The van der Waals surface area contributed by atoms with Crippen LogP contribution in [0.3, 0.4) is 0 Å². The lowest BCUT2D eigenvalue weighted by Crippen LogP contribution is -2.55. The van der Waals surface area contributed by atoms with Gasteiger partial charge >= 0.3 is 11.9 Å². The van der Waals surface area contributed by atoms with E-state index >= 15 is 0 Å². The lowest BCUT2D eigenvalue weighted by Gasteiger charge is -2.36. The highest BCUT2D eigenvalue weighted by molar-refractivity contribution is 6.00. The van der Waals surface area contributed by atoms with Crippen molar-refractivity contribution in [3.8, 4) is 0 Å². The summed E-state index contributed by atoms with van der Waals surface area (Å²) in [6, 6.07) is 0. The fourth-order valence-corrected chi connectivity index (χ4v) is 3.41. The van der Waals surface area contributed by atoms with Crippen LogP contribution in [0.15, 0.2) is 47.3 Å². The minimum Gasteiger partial charge on any atom is -0.476 e.